The summed E-state index contributed by atoms with van der Waals surface area (Å²) in [6.07, 6.45) is 3.86. The topological polar surface area (TPSA) is 90.1 Å². The highest BCUT2D eigenvalue weighted by Crippen LogP contribution is 2.20. The minimum Gasteiger partial charge on any atom is -0.363 e. The van der Waals surface area contributed by atoms with Crippen molar-refractivity contribution in [2.24, 2.45) is 0 Å². The number of carbonyl (C=O) groups excluding carboxylic acids is 2. The van der Waals surface area contributed by atoms with Gasteiger partial charge >= 0.3 is 0 Å². The van der Waals surface area contributed by atoms with Crippen molar-refractivity contribution in [3.63, 3.8) is 0 Å². The summed E-state index contributed by atoms with van der Waals surface area (Å²) >= 11 is 0. The summed E-state index contributed by atoms with van der Waals surface area (Å²) in [5.41, 5.74) is 2.55. The van der Waals surface area contributed by atoms with Crippen LogP contribution < -0.4 is 15.5 Å². The zero-order valence-electron chi connectivity index (χ0n) is 15.6. The van der Waals surface area contributed by atoms with Gasteiger partial charge in [-0.05, 0) is 23.8 Å². The maximum absolute atomic E-state index is 12.8. The highest BCUT2D eigenvalue weighted by atomic mass is 16.2. The first-order valence-corrected chi connectivity index (χ1v) is 8.70. The van der Waals surface area contributed by atoms with Crippen LogP contribution in [0.3, 0.4) is 0 Å². The summed E-state index contributed by atoms with van der Waals surface area (Å²) in [6.45, 7) is 1.41. The molecule has 1 unspecified atom stereocenters. The van der Waals surface area contributed by atoms with E-state index in [0.717, 1.165) is 22.3 Å². The summed E-state index contributed by atoms with van der Waals surface area (Å²) < 4.78 is 0. The van der Waals surface area contributed by atoms with Crippen molar-refractivity contribution in [2.75, 3.05) is 24.3 Å². The average molecular weight is 365 g/mol. The lowest BCUT2D eigenvalue weighted by Gasteiger charge is -2.18. The van der Waals surface area contributed by atoms with Crippen LogP contribution in [0.25, 0.3) is 10.9 Å². The van der Waals surface area contributed by atoms with Crippen molar-refractivity contribution >= 4 is 34.2 Å². The lowest BCUT2D eigenvalue weighted by molar-refractivity contribution is -0.125. The maximum Gasteiger partial charge on any atom is 0.247 e. The molecule has 1 aromatic carbocycles. The van der Waals surface area contributed by atoms with Gasteiger partial charge in [0.15, 0.2) is 0 Å². The minimum absolute atomic E-state index is 0.254. The van der Waals surface area contributed by atoms with Gasteiger partial charge < -0.3 is 20.5 Å². The smallest absolute Gasteiger partial charge is 0.247 e. The van der Waals surface area contributed by atoms with Gasteiger partial charge in [0.1, 0.15) is 11.9 Å². The molecule has 140 valence electrons. The number of rotatable bonds is 6. The molecule has 0 bridgehead atoms. The Hall–Kier alpha value is -3.35. The van der Waals surface area contributed by atoms with Crippen molar-refractivity contribution in [2.45, 2.75) is 19.4 Å². The number of carbonyl (C=O) groups is 2. The van der Waals surface area contributed by atoms with E-state index in [1.807, 2.05) is 55.5 Å². The molecule has 3 N–H and O–H groups in total. The van der Waals surface area contributed by atoms with E-state index in [1.165, 1.54) is 6.92 Å². The molecule has 0 radical (unpaired) electrons. The Labute approximate surface area is 157 Å². The highest BCUT2D eigenvalue weighted by Gasteiger charge is 2.21. The standard InChI is InChI=1S/C20H23N5O2/c1-13(26)23-18(10-14-11-21-17-7-5-4-6-16(14)17)20(27)24-15-8-9-19(22-12-15)25(2)3/h4-9,11-12,18,21H,10H2,1-3H3,(H,23,26)(H,24,27). The predicted molar refractivity (Wildman–Crippen MR) is 107 cm³/mol. The van der Waals surface area contributed by atoms with Crippen LogP contribution in [-0.2, 0) is 16.0 Å². The minimum atomic E-state index is -0.685. The Balaban J connectivity index is 1.77. The van der Waals surface area contributed by atoms with Gasteiger partial charge in [0.05, 0.1) is 11.9 Å². The number of fused-ring (bicyclic) bond motifs is 1. The molecule has 0 saturated heterocycles. The number of amides is 2. The molecule has 0 aliphatic carbocycles. The van der Waals surface area contributed by atoms with Crippen molar-refractivity contribution in [3.8, 4) is 0 Å². The van der Waals surface area contributed by atoms with Gasteiger partial charge in [-0.1, -0.05) is 18.2 Å². The largest absolute Gasteiger partial charge is 0.363 e. The molecule has 0 spiro atoms. The number of hydrogen-bond donors (Lipinski definition) is 3. The summed E-state index contributed by atoms with van der Waals surface area (Å²) in [6, 6.07) is 10.8. The third-order valence-corrected chi connectivity index (χ3v) is 4.27. The van der Waals surface area contributed by atoms with E-state index in [4.69, 9.17) is 0 Å². The first-order valence-electron chi connectivity index (χ1n) is 8.70. The van der Waals surface area contributed by atoms with E-state index in [0.29, 0.717) is 12.1 Å². The van der Waals surface area contributed by atoms with Gasteiger partial charge in [-0.15, -0.1) is 0 Å². The first-order chi connectivity index (χ1) is 12.9. The van der Waals surface area contributed by atoms with Crippen LogP contribution in [0.4, 0.5) is 11.5 Å². The number of H-pyrrole nitrogens is 1. The van der Waals surface area contributed by atoms with E-state index >= 15 is 0 Å². The molecule has 3 aromatic rings. The van der Waals surface area contributed by atoms with Gasteiger partial charge in [-0.25, -0.2) is 4.98 Å². The number of hydrogen-bond acceptors (Lipinski definition) is 4. The first kappa shape index (κ1) is 18.4. The number of nitrogens with zero attached hydrogens (tertiary/aromatic N) is 2. The summed E-state index contributed by atoms with van der Waals surface area (Å²) in [7, 11) is 3.79. The normalized spacial score (nSPS) is 11.8. The predicted octanol–water partition coefficient (Wildman–Crippen LogP) is 2.31. The molecule has 0 aliphatic rings. The molecule has 1 atom stereocenters. The number of aromatic nitrogens is 2. The Morgan fingerprint density at radius 3 is 2.63 bits per heavy atom. The number of pyridine rings is 1. The number of benzene rings is 1. The molecule has 2 amide bonds. The van der Waals surface area contributed by atoms with Crippen LogP contribution in [0.15, 0.2) is 48.8 Å². The fourth-order valence-electron chi connectivity index (χ4n) is 2.93. The fourth-order valence-corrected chi connectivity index (χ4v) is 2.93. The summed E-state index contributed by atoms with van der Waals surface area (Å²) in [5.74, 6) is 0.260. The molecule has 0 saturated carbocycles. The summed E-state index contributed by atoms with van der Waals surface area (Å²) in [4.78, 5) is 33.7. The van der Waals surface area contributed by atoms with E-state index < -0.39 is 6.04 Å². The van der Waals surface area contributed by atoms with E-state index in [1.54, 1.807) is 12.3 Å². The molecule has 3 rings (SSSR count). The van der Waals surface area contributed by atoms with E-state index in [9.17, 15) is 9.59 Å². The Morgan fingerprint density at radius 2 is 1.96 bits per heavy atom. The van der Waals surface area contributed by atoms with Gasteiger partial charge in [-0.2, -0.15) is 0 Å². The van der Waals surface area contributed by atoms with Crippen molar-refractivity contribution in [3.05, 3.63) is 54.4 Å². The van der Waals surface area contributed by atoms with Crippen molar-refractivity contribution < 1.29 is 9.59 Å². The molecule has 0 aliphatic heterocycles. The third kappa shape index (κ3) is 4.44. The third-order valence-electron chi connectivity index (χ3n) is 4.27. The van der Waals surface area contributed by atoms with Crippen LogP contribution in [0.1, 0.15) is 12.5 Å². The lowest BCUT2D eigenvalue weighted by Crippen LogP contribution is -2.44. The monoisotopic (exact) mass is 365 g/mol. The molecular weight excluding hydrogens is 342 g/mol. The van der Waals surface area contributed by atoms with Gasteiger partial charge in [0.2, 0.25) is 11.8 Å². The van der Waals surface area contributed by atoms with Crippen molar-refractivity contribution in [1.82, 2.24) is 15.3 Å². The molecule has 2 aromatic heterocycles. The van der Waals surface area contributed by atoms with E-state index in [2.05, 4.69) is 20.6 Å². The van der Waals surface area contributed by atoms with Crippen LogP contribution in [0, 0.1) is 0 Å². The Kier molecular flexibility index (Phi) is 5.40. The van der Waals surface area contributed by atoms with Crippen molar-refractivity contribution in [1.29, 1.82) is 0 Å². The molecule has 0 fully saturated rings. The van der Waals surface area contributed by atoms with Gasteiger partial charge in [0.25, 0.3) is 0 Å². The SMILES string of the molecule is CC(=O)NC(Cc1c[nH]c2ccccc12)C(=O)Nc1ccc(N(C)C)nc1. The van der Waals surface area contributed by atoms with Crippen LogP contribution in [-0.4, -0.2) is 41.9 Å². The number of anilines is 2. The van der Waals surface area contributed by atoms with Crippen LogP contribution in [0.2, 0.25) is 0 Å². The zero-order valence-corrected chi connectivity index (χ0v) is 15.6. The molecule has 7 nitrogen and oxygen atoms in total. The van der Waals surface area contributed by atoms with Crippen LogP contribution in [0.5, 0.6) is 0 Å². The molecular formula is C20H23N5O2. The zero-order chi connectivity index (χ0) is 19.4. The lowest BCUT2D eigenvalue weighted by atomic mass is 10.0. The number of para-hydroxylation sites is 1. The summed E-state index contributed by atoms with van der Waals surface area (Å²) in [5, 5.41) is 6.61. The molecule has 27 heavy (non-hydrogen) atoms. The highest BCUT2D eigenvalue weighted by molar-refractivity contribution is 5.97. The molecule has 7 heteroatoms. The van der Waals surface area contributed by atoms with Gasteiger partial charge in [0, 0.05) is 44.5 Å². The average Bonchev–Trinajstić information content (AvgIpc) is 3.04. The van der Waals surface area contributed by atoms with E-state index in [-0.39, 0.29) is 11.8 Å². The van der Waals surface area contributed by atoms with Crippen LogP contribution >= 0.6 is 0 Å². The number of aromatic amines is 1. The Morgan fingerprint density at radius 1 is 1.19 bits per heavy atom. The second-order valence-corrected chi connectivity index (χ2v) is 6.61. The second-order valence-electron chi connectivity index (χ2n) is 6.61. The maximum atomic E-state index is 12.8. The quantitative estimate of drug-likeness (QED) is 0.625. The van der Waals surface area contributed by atoms with Gasteiger partial charge in [-0.3, -0.25) is 9.59 Å². The number of nitrogens with one attached hydrogen (secondary N) is 3. The second kappa shape index (κ2) is 7.90. The Bertz CT molecular complexity index is 946. The fraction of sp³-hybridized carbons (Fsp3) is 0.250. The molecule has 2 heterocycles.